The summed E-state index contributed by atoms with van der Waals surface area (Å²) >= 11 is 0. The Hall–Kier alpha value is -2.97. The third-order valence-electron chi connectivity index (χ3n) is 5.58. The first-order valence-electron chi connectivity index (χ1n) is 10.7. The molecule has 0 aliphatic rings. The second kappa shape index (κ2) is 8.52. The smallest absolute Gasteiger partial charge is 0.212 e. The number of rotatable bonds is 7. The van der Waals surface area contributed by atoms with Crippen LogP contribution < -0.4 is 5.73 Å². The van der Waals surface area contributed by atoms with E-state index in [1.54, 1.807) is 16.7 Å². The number of sulfone groups is 1. The first-order chi connectivity index (χ1) is 15.2. The number of fused-ring (bicyclic) bond motifs is 2. The average Bonchev–Trinajstić information content (AvgIpc) is 3.02. The molecule has 0 spiro atoms. The topological polar surface area (TPSA) is 100 Å². The summed E-state index contributed by atoms with van der Waals surface area (Å²) in [7, 11) is -3.91. The Morgan fingerprint density at radius 2 is 1.72 bits per heavy atom. The fraction of sp³-hybridized carbons (Fsp3) is 0.333. The third kappa shape index (κ3) is 3.96. The number of hydrogen-bond donors (Lipinski definition) is 1. The fourth-order valence-electron chi connectivity index (χ4n) is 3.72. The van der Waals surface area contributed by atoms with Crippen LogP contribution in [0.5, 0.6) is 0 Å². The summed E-state index contributed by atoms with van der Waals surface area (Å²) < 4.78 is 34.8. The highest BCUT2D eigenvalue weighted by molar-refractivity contribution is 7.92. The van der Waals surface area contributed by atoms with Gasteiger partial charge in [-0.2, -0.15) is 0 Å². The largest absolute Gasteiger partial charge is 0.384 e. The lowest BCUT2D eigenvalue weighted by Crippen LogP contribution is -2.11. The monoisotopic (exact) mass is 452 g/mol. The van der Waals surface area contributed by atoms with Crippen molar-refractivity contribution in [3.8, 4) is 0 Å². The van der Waals surface area contributed by atoms with Crippen molar-refractivity contribution in [2.45, 2.75) is 56.6 Å². The lowest BCUT2D eigenvalue weighted by molar-refractivity contribution is 0.0751. The molecule has 0 aliphatic heterocycles. The van der Waals surface area contributed by atoms with Crippen molar-refractivity contribution >= 4 is 37.9 Å². The van der Waals surface area contributed by atoms with Crippen LogP contribution in [0.4, 0.5) is 5.82 Å². The van der Waals surface area contributed by atoms with Gasteiger partial charge in [0.25, 0.3) is 0 Å². The number of nitrogens with two attached hydrogens (primary N) is 1. The van der Waals surface area contributed by atoms with Crippen molar-refractivity contribution in [3.05, 3.63) is 53.6 Å². The van der Waals surface area contributed by atoms with Crippen LogP contribution in [0.15, 0.2) is 52.3 Å². The third-order valence-corrected chi connectivity index (χ3v) is 7.40. The minimum atomic E-state index is -3.91. The molecular weight excluding hydrogens is 424 g/mol. The molecule has 2 N–H and O–H groups in total. The zero-order valence-electron chi connectivity index (χ0n) is 18.8. The van der Waals surface area contributed by atoms with E-state index in [9.17, 15) is 8.42 Å². The van der Waals surface area contributed by atoms with Crippen LogP contribution >= 0.6 is 0 Å². The van der Waals surface area contributed by atoms with E-state index >= 15 is 0 Å². The molecule has 0 unspecified atom stereocenters. The van der Waals surface area contributed by atoms with E-state index in [0.29, 0.717) is 41.8 Å². The molecule has 7 nitrogen and oxygen atoms in total. The number of aryl methyl sites for hydroxylation is 3. The van der Waals surface area contributed by atoms with E-state index in [2.05, 4.69) is 4.98 Å². The molecule has 2 heterocycles. The van der Waals surface area contributed by atoms with Crippen LogP contribution in [0, 0.1) is 13.8 Å². The molecule has 0 radical (unpaired) electrons. The molecule has 8 heteroatoms. The summed E-state index contributed by atoms with van der Waals surface area (Å²) in [4.78, 5) is 9.61. The van der Waals surface area contributed by atoms with Gasteiger partial charge in [-0.3, -0.25) is 0 Å². The van der Waals surface area contributed by atoms with E-state index in [1.807, 2.05) is 58.0 Å². The van der Waals surface area contributed by atoms with Crippen LogP contribution in [-0.4, -0.2) is 35.7 Å². The zero-order valence-corrected chi connectivity index (χ0v) is 19.6. The molecule has 0 saturated heterocycles. The Morgan fingerprint density at radius 3 is 2.38 bits per heavy atom. The summed E-state index contributed by atoms with van der Waals surface area (Å²) in [6, 6.07) is 12.5. The molecule has 0 aliphatic carbocycles. The molecular formula is C24H28N4O3S. The van der Waals surface area contributed by atoms with Gasteiger partial charge >= 0.3 is 0 Å². The number of nitrogens with zero attached hydrogens (tertiary/aromatic N) is 3. The Labute approximate surface area is 188 Å². The Morgan fingerprint density at radius 1 is 1.03 bits per heavy atom. The Balaban J connectivity index is 1.91. The molecule has 2 aromatic heterocycles. The summed E-state index contributed by atoms with van der Waals surface area (Å²) in [5.41, 5.74) is 10.5. The van der Waals surface area contributed by atoms with Gasteiger partial charge in [0.05, 0.1) is 22.0 Å². The van der Waals surface area contributed by atoms with Crippen molar-refractivity contribution in [2.24, 2.45) is 0 Å². The summed E-state index contributed by atoms with van der Waals surface area (Å²) in [5.74, 6) is 0.151. The van der Waals surface area contributed by atoms with Gasteiger partial charge in [-0.15, -0.1) is 0 Å². The van der Waals surface area contributed by atoms with Gasteiger partial charge in [-0.25, -0.2) is 18.4 Å². The lowest BCUT2D eigenvalue weighted by Gasteiger charge is -2.10. The molecule has 0 fully saturated rings. The first kappa shape index (κ1) is 22.2. The summed E-state index contributed by atoms with van der Waals surface area (Å²) in [6.45, 7) is 8.81. The van der Waals surface area contributed by atoms with Gasteiger partial charge in [0.2, 0.25) is 9.84 Å². The first-order valence-corrected chi connectivity index (χ1v) is 12.2. The number of anilines is 1. The minimum absolute atomic E-state index is 0.0128. The van der Waals surface area contributed by atoms with Gasteiger partial charge in [-0.1, -0.05) is 18.2 Å². The fourth-order valence-corrected chi connectivity index (χ4v) is 5.31. The molecule has 4 aromatic rings. The lowest BCUT2D eigenvalue weighted by atomic mass is 10.1. The van der Waals surface area contributed by atoms with Gasteiger partial charge in [0, 0.05) is 13.2 Å². The molecule has 168 valence electrons. The van der Waals surface area contributed by atoms with Crippen molar-refractivity contribution in [1.82, 2.24) is 14.5 Å². The summed E-state index contributed by atoms with van der Waals surface area (Å²) in [6.07, 6.45) is 0.794. The average molecular weight is 453 g/mol. The van der Waals surface area contributed by atoms with Gasteiger partial charge in [-0.05, 0) is 69.5 Å². The second-order valence-corrected chi connectivity index (χ2v) is 10.2. The van der Waals surface area contributed by atoms with E-state index in [0.717, 1.165) is 11.1 Å². The normalized spacial score (nSPS) is 12.3. The van der Waals surface area contributed by atoms with E-state index in [-0.39, 0.29) is 21.7 Å². The van der Waals surface area contributed by atoms with Crippen molar-refractivity contribution in [2.75, 3.05) is 12.3 Å². The maximum atomic E-state index is 13.7. The van der Waals surface area contributed by atoms with Crippen LogP contribution in [-0.2, 0) is 21.1 Å². The molecule has 2 aromatic carbocycles. The number of benzene rings is 2. The molecule has 0 saturated carbocycles. The van der Waals surface area contributed by atoms with Crippen LogP contribution in [0.3, 0.4) is 0 Å². The number of aromatic nitrogens is 3. The van der Waals surface area contributed by atoms with Gasteiger partial charge in [0.15, 0.2) is 5.65 Å². The zero-order chi connectivity index (χ0) is 23.0. The van der Waals surface area contributed by atoms with E-state index in [4.69, 9.17) is 15.5 Å². The van der Waals surface area contributed by atoms with Crippen molar-refractivity contribution in [1.29, 1.82) is 0 Å². The number of hydrogen-bond acceptors (Lipinski definition) is 6. The minimum Gasteiger partial charge on any atom is -0.384 e. The highest BCUT2D eigenvalue weighted by Crippen LogP contribution is 2.35. The van der Waals surface area contributed by atoms with Crippen molar-refractivity contribution in [3.63, 3.8) is 0 Å². The number of nitrogen functional groups attached to an aromatic ring is 1. The van der Waals surface area contributed by atoms with Crippen LogP contribution in [0.1, 0.15) is 31.4 Å². The van der Waals surface area contributed by atoms with E-state index in [1.165, 1.54) is 0 Å². The molecule has 32 heavy (non-hydrogen) atoms. The van der Waals surface area contributed by atoms with E-state index < -0.39 is 9.84 Å². The predicted octanol–water partition coefficient (Wildman–Crippen LogP) is 4.43. The maximum Gasteiger partial charge on any atom is 0.212 e. The predicted molar refractivity (Wildman–Crippen MR) is 127 cm³/mol. The molecule has 4 rings (SSSR count). The molecule has 0 atom stereocenters. The number of para-hydroxylation sites is 2. The highest BCUT2D eigenvalue weighted by Gasteiger charge is 2.30. The standard InChI is InChI=1S/C24H28N4O3S/c1-15(2)31-13-7-12-28-23(25)22(32(29,30)18-11-10-16(3)17(4)14-18)21-24(28)27-20-9-6-5-8-19(20)26-21/h5-6,8-11,14-15H,7,12-13,25H2,1-4H3. The SMILES string of the molecule is Cc1ccc(S(=O)(=O)c2c(N)n(CCCOC(C)C)c3nc4ccccc4nc23)cc1C. The maximum absolute atomic E-state index is 13.7. The molecule has 0 amide bonds. The number of ether oxygens (including phenoxy) is 1. The Kier molecular flexibility index (Phi) is 5.92. The molecule has 0 bridgehead atoms. The van der Waals surface area contributed by atoms with Gasteiger partial charge in [0.1, 0.15) is 16.2 Å². The van der Waals surface area contributed by atoms with Gasteiger partial charge < -0.3 is 15.0 Å². The quantitative estimate of drug-likeness (QED) is 0.416. The second-order valence-electron chi connectivity index (χ2n) is 8.27. The Bertz CT molecular complexity index is 1410. The van der Waals surface area contributed by atoms with Crippen LogP contribution in [0.25, 0.3) is 22.2 Å². The van der Waals surface area contributed by atoms with Crippen molar-refractivity contribution < 1.29 is 13.2 Å². The summed E-state index contributed by atoms with van der Waals surface area (Å²) in [5, 5.41) is 0. The van der Waals surface area contributed by atoms with Crippen LogP contribution in [0.2, 0.25) is 0 Å². The highest BCUT2D eigenvalue weighted by atomic mass is 32.2.